The fraction of sp³-hybridized carbons (Fsp3) is 0.562. The van der Waals surface area contributed by atoms with Gasteiger partial charge in [-0.05, 0) is 45.9 Å². The lowest BCUT2D eigenvalue weighted by atomic mass is 10.2. The maximum Gasteiger partial charge on any atom is 0.251 e. The van der Waals surface area contributed by atoms with Gasteiger partial charge in [-0.15, -0.1) is 0 Å². The molecule has 1 amide bonds. The minimum atomic E-state index is -3.64. The van der Waals surface area contributed by atoms with Crippen molar-refractivity contribution in [2.45, 2.75) is 50.8 Å². The SMILES string of the molecule is CC(C)NC(=O)c1cccc(S(=O)(=O)N2CC(C)OC(C)C2)c1. The van der Waals surface area contributed by atoms with E-state index in [1.807, 2.05) is 27.7 Å². The lowest BCUT2D eigenvalue weighted by molar-refractivity contribution is -0.0440. The minimum absolute atomic E-state index is 0.0105. The first-order valence-electron chi connectivity index (χ1n) is 7.76. The fourth-order valence-electron chi connectivity index (χ4n) is 2.62. The predicted octanol–water partition coefficient (Wildman–Crippen LogP) is 1.62. The molecule has 2 atom stereocenters. The van der Waals surface area contributed by atoms with Crippen LogP contribution in [0.2, 0.25) is 0 Å². The molecule has 128 valence electrons. The van der Waals surface area contributed by atoms with Crippen LogP contribution in [0.25, 0.3) is 0 Å². The Kier molecular flexibility index (Phi) is 5.44. The van der Waals surface area contributed by atoms with Gasteiger partial charge in [0.2, 0.25) is 10.0 Å². The number of rotatable bonds is 4. The largest absolute Gasteiger partial charge is 0.373 e. The summed E-state index contributed by atoms with van der Waals surface area (Å²) in [6.45, 7) is 8.05. The summed E-state index contributed by atoms with van der Waals surface area (Å²) in [6.07, 6.45) is -0.304. The first-order valence-corrected chi connectivity index (χ1v) is 9.20. The highest BCUT2D eigenvalue weighted by Crippen LogP contribution is 2.22. The molecule has 23 heavy (non-hydrogen) atoms. The molecule has 1 aromatic rings. The van der Waals surface area contributed by atoms with Crippen molar-refractivity contribution in [3.8, 4) is 0 Å². The predicted molar refractivity (Wildman–Crippen MR) is 87.8 cm³/mol. The Morgan fingerprint density at radius 3 is 2.43 bits per heavy atom. The third kappa shape index (κ3) is 4.31. The standard InChI is InChI=1S/C16H24N2O4S/c1-11(2)17-16(19)14-6-5-7-15(8-14)23(20,21)18-9-12(3)22-13(4)10-18/h5-8,11-13H,9-10H2,1-4H3,(H,17,19). The summed E-state index contributed by atoms with van der Waals surface area (Å²) < 4.78 is 32.6. The van der Waals surface area contributed by atoms with E-state index in [1.165, 1.54) is 16.4 Å². The highest BCUT2D eigenvalue weighted by molar-refractivity contribution is 7.89. The van der Waals surface area contributed by atoms with Crippen LogP contribution in [0.5, 0.6) is 0 Å². The number of carbonyl (C=O) groups is 1. The van der Waals surface area contributed by atoms with Gasteiger partial charge < -0.3 is 10.1 Å². The van der Waals surface area contributed by atoms with Crippen LogP contribution in [-0.2, 0) is 14.8 Å². The normalized spacial score (nSPS) is 23.0. The second-order valence-corrected chi connectivity index (χ2v) is 8.17. The smallest absolute Gasteiger partial charge is 0.251 e. The molecule has 0 aromatic heterocycles. The van der Waals surface area contributed by atoms with Crippen molar-refractivity contribution in [3.63, 3.8) is 0 Å². The summed E-state index contributed by atoms with van der Waals surface area (Å²) >= 11 is 0. The molecule has 1 aromatic carbocycles. The van der Waals surface area contributed by atoms with Gasteiger partial charge in [-0.25, -0.2) is 8.42 Å². The van der Waals surface area contributed by atoms with Crippen molar-refractivity contribution in [1.82, 2.24) is 9.62 Å². The number of nitrogens with one attached hydrogen (secondary N) is 1. The molecule has 1 heterocycles. The second kappa shape index (κ2) is 6.98. The van der Waals surface area contributed by atoms with E-state index in [0.717, 1.165) is 0 Å². The van der Waals surface area contributed by atoms with Crippen molar-refractivity contribution in [2.75, 3.05) is 13.1 Å². The van der Waals surface area contributed by atoms with Gasteiger partial charge in [0.15, 0.2) is 0 Å². The maximum atomic E-state index is 12.8. The molecule has 7 heteroatoms. The average molecular weight is 340 g/mol. The second-order valence-electron chi connectivity index (χ2n) is 6.24. The van der Waals surface area contributed by atoms with E-state index >= 15 is 0 Å². The van der Waals surface area contributed by atoms with Crippen LogP contribution in [0.1, 0.15) is 38.1 Å². The van der Waals surface area contributed by atoms with Crippen molar-refractivity contribution >= 4 is 15.9 Å². The summed E-state index contributed by atoms with van der Waals surface area (Å²) in [5, 5.41) is 2.76. The molecule has 1 aliphatic rings. The van der Waals surface area contributed by atoms with E-state index < -0.39 is 10.0 Å². The average Bonchev–Trinajstić information content (AvgIpc) is 2.45. The van der Waals surface area contributed by atoms with E-state index in [0.29, 0.717) is 18.7 Å². The number of benzene rings is 1. The number of carbonyl (C=O) groups excluding carboxylic acids is 1. The first kappa shape index (κ1) is 17.9. The summed E-state index contributed by atoms with van der Waals surface area (Å²) in [5.41, 5.74) is 0.342. The quantitative estimate of drug-likeness (QED) is 0.904. The summed E-state index contributed by atoms with van der Waals surface area (Å²) in [5.74, 6) is -0.277. The fourth-order valence-corrected chi connectivity index (χ4v) is 4.26. The van der Waals surface area contributed by atoms with E-state index in [4.69, 9.17) is 4.74 Å². The molecule has 0 saturated carbocycles. The Bertz CT molecular complexity index is 662. The van der Waals surface area contributed by atoms with Gasteiger partial charge in [0.1, 0.15) is 0 Å². The molecule has 1 N–H and O–H groups in total. The van der Waals surface area contributed by atoms with Crippen LogP contribution in [0, 0.1) is 0 Å². The Morgan fingerprint density at radius 1 is 1.26 bits per heavy atom. The van der Waals surface area contributed by atoms with Crippen LogP contribution in [-0.4, -0.2) is 50.0 Å². The Balaban J connectivity index is 2.28. The lowest BCUT2D eigenvalue weighted by Crippen LogP contribution is -2.48. The van der Waals surface area contributed by atoms with Gasteiger partial charge in [-0.3, -0.25) is 4.79 Å². The Hall–Kier alpha value is -1.44. The first-order chi connectivity index (χ1) is 10.7. The summed E-state index contributed by atoms with van der Waals surface area (Å²) in [4.78, 5) is 12.2. The Morgan fingerprint density at radius 2 is 1.87 bits per heavy atom. The zero-order valence-corrected chi connectivity index (χ0v) is 14.8. The van der Waals surface area contributed by atoms with Gasteiger partial charge in [0.05, 0.1) is 17.1 Å². The number of morpholine rings is 1. The highest BCUT2D eigenvalue weighted by Gasteiger charge is 2.32. The molecule has 2 unspecified atom stereocenters. The molecular weight excluding hydrogens is 316 g/mol. The molecule has 1 fully saturated rings. The molecule has 2 rings (SSSR count). The minimum Gasteiger partial charge on any atom is -0.373 e. The molecule has 0 aliphatic carbocycles. The molecule has 0 bridgehead atoms. The van der Waals surface area contributed by atoms with Crippen molar-refractivity contribution in [2.24, 2.45) is 0 Å². The molecule has 0 spiro atoms. The van der Waals surface area contributed by atoms with Crippen LogP contribution < -0.4 is 5.32 Å². The zero-order chi connectivity index (χ0) is 17.2. The lowest BCUT2D eigenvalue weighted by Gasteiger charge is -2.34. The number of sulfonamides is 1. The van der Waals surface area contributed by atoms with Gasteiger partial charge in [0.25, 0.3) is 5.91 Å². The number of amides is 1. The number of nitrogens with zero attached hydrogens (tertiary/aromatic N) is 1. The third-order valence-corrected chi connectivity index (χ3v) is 5.37. The van der Waals surface area contributed by atoms with E-state index in [2.05, 4.69) is 5.32 Å². The van der Waals surface area contributed by atoms with Crippen LogP contribution in [0.15, 0.2) is 29.2 Å². The monoisotopic (exact) mass is 340 g/mol. The van der Waals surface area contributed by atoms with Crippen LogP contribution in [0.4, 0.5) is 0 Å². The molecule has 1 saturated heterocycles. The van der Waals surface area contributed by atoms with Gasteiger partial charge in [-0.2, -0.15) is 4.31 Å². The van der Waals surface area contributed by atoms with Crippen LogP contribution in [0.3, 0.4) is 0 Å². The zero-order valence-electron chi connectivity index (χ0n) is 13.9. The maximum absolute atomic E-state index is 12.8. The van der Waals surface area contributed by atoms with Crippen molar-refractivity contribution in [1.29, 1.82) is 0 Å². The van der Waals surface area contributed by atoms with Crippen molar-refractivity contribution in [3.05, 3.63) is 29.8 Å². The van der Waals surface area contributed by atoms with Gasteiger partial charge >= 0.3 is 0 Å². The number of hydrogen-bond donors (Lipinski definition) is 1. The Labute approximate surface area is 137 Å². The molecule has 6 nitrogen and oxygen atoms in total. The van der Waals surface area contributed by atoms with Crippen molar-refractivity contribution < 1.29 is 17.9 Å². The summed E-state index contributed by atoms with van der Waals surface area (Å²) in [6, 6.07) is 6.14. The molecule has 0 radical (unpaired) electrons. The number of ether oxygens (including phenoxy) is 1. The topological polar surface area (TPSA) is 75.7 Å². The van der Waals surface area contributed by atoms with E-state index in [9.17, 15) is 13.2 Å². The van der Waals surface area contributed by atoms with Gasteiger partial charge in [0, 0.05) is 24.7 Å². The molecule has 1 aliphatic heterocycles. The number of hydrogen-bond acceptors (Lipinski definition) is 4. The van der Waals surface area contributed by atoms with Crippen LogP contribution >= 0.6 is 0 Å². The molecular formula is C16H24N2O4S. The van der Waals surface area contributed by atoms with E-state index in [1.54, 1.807) is 12.1 Å². The van der Waals surface area contributed by atoms with Gasteiger partial charge in [-0.1, -0.05) is 6.07 Å². The van der Waals surface area contributed by atoms with E-state index in [-0.39, 0.29) is 29.1 Å². The third-order valence-electron chi connectivity index (χ3n) is 3.54. The highest BCUT2D eigenvalue weighted by atomic mass is 32.2. The summed E-state index contributed by atoms with van der Waals surface area (Å²) in [7, 11) is -3.64.